The van der Waals surface area contributed by atoms with E-state index in [1.54, 1.807) is 0 Å². The summed E-state index contributed by atoms with van der Waals surface area (Å²) >= 11 is 4.91. The average molecular weight is 392 g/mol. The summed E-state index contributed by atoms with van der Waals surface area (Å²) in [5, 5.41) is 3.20. The molecule has 0 amide bonds. The Morgan fingerprint density at radius 3 is 2.78 bits per heavy atom. The van der Waals surface area contributed by atoms with Crippen LogP contribution in [0.1, 0.15) is 26.2 Å². The van der Waals surface area contributed by atoms with E-state index in [-0.39, 0.29) is 5.56 Å². The zero-order chi connectivity index (χ0) is 16.2. The zero-order valence-corrected chi connectivity index (χ0v) is 15.3. The average Bonchev–Trinajstić information content (AvgIpc) is 2.97. The Hall–Kier alpha value is -1.66. The van der Waals surface area contributed by atoms with Crippen LogP contribution in [0.2, 0.25) is 0 Å². The molecule has 2 aromatic heterocycles. The lowest BCUT2D eigenvalue weighted by Gasteiger charge is -2.04. The van der Waals surface area contributed by atoms with Crippen molar-refractivity contribution in [1.29, 1.82) is 0 Å². The number of nitrogens with one attached hydrogen (secondary N) is 2. The lowest BCUT2D eigenvalue weighted by molar-refractivity contribution is 0.740. The minimum absolute atomic E-state index is 0.0821. The molecule has 0 aliphatic heterocycles. The molecule has 0 atom stereocenters. The number of benzene rings is 1. The predicted octanol–water partition coefficient (Wildman–Crippen LogP) is 5.02. The summed E-state index contributed by atoms with van der Waals surface area (Å²) in [4.78, 5) is 20.7. The third kappa shape index (κ3) is 3.82. The van der Waals surface area contributed by atoms with Crippen LogP contribution in [-0.4, -0.2) is 16.5 Å². The van der Waals surface area contributed by atoms with Gasteiger partial charge in [-0.15, -0.1) is 11.3 Å². The third-order valence-electron chi connectivity index (χ3n) is 3.58. The van der Waals surface area contributed by atoms with Crippen LogP contribution in [0.4, 0.5) is 5.95 Å². The van der Waals surface area contributed by atoms with Gasteiger partial charge in [0.05, 0.1) is 5.52 Å². The molecule has 0 bridgehead atoms. The number of aromatic nitrogens is 2. The van der Waals surface area contributed by atoms with Crippen LogP contribution in [-0.2, 0) is 0 Å². The van der Waals surface area contributed by atoms with E-state index in [0.29, 0.717) is 10.6 Å². The van der Waals surface area contributed by atoms with E-state index in [4.69, 9.17) is 0 Å². The van der Waals surface area contributed by atoms with Crippen LogP contribution in [0.3, 0.4) is 0 Å². The Balaban J connectivity index is 1.88. The first-order valence-corrected chi connectivity index (χ1v) is 9.32. The third-order valence-corrected chi connectivity index (χ3v) is 5.29. The largest absolute Gasteiger partial charge is 0.356 e. The molecule has 0 radical (unpaired) electrons. The summed E-state index contributed by atoms with van der Waals surface area (Å²) in [6.07, 6.45) is 3.42. The number of halogens is 1. The van der Waals surface area contributed by atoms with E-state index >= 15 is 0 Å². The molecular weight excluding hydrogens is 374 g/mol. The van der Waals surface area contributed by atoms with Gasteiger partial charge >= 0.3 is 0 Å². The van der Waals surface area contributed by atoms with Gasteiger partial charge in [0.15, 0.2) is 0 Å². The molecule has 23 heavy (non-hydrogen) atoms. The summed E-state index contributed by atoms with van der Waals surface area (Å²) in [7, 11) is 0. The number of unbranched alkanes of at least 4 members (excludes halogenated alkanes) is 2. The van der Waals surface area contributed by atoms with E-state index in [2.05, 4.69) is 38.1 Å². The summed E-state index contributed by atoms with van der Waals surface area (Å²) in [6.45, 7) is 2.99. The number of fused-ring (bicyclic) bond motifs is 1. The van der Waals surface area contributed by atoms with Crippen LogP contribution in [0.15, 0.2) is 39.6 Å². The van der Waals surface area contributed by atoms with Crippen molar-refractivity contribution in [3.05, 3.63) is 45.2 Å². The van der Waals surface area contributed by atoms with Crippen LogP contribution in [0.5, 0.6) is 0 Å². The molecule has 6 heteroatoms. The van der Waals surface area contributed by atoms with Crippen molar-refractivity contribution in [2.75, 3.05) is 11.9 Å². The van der Waals surface area contributed by atoms with Crippen molar-refractivity contribution >= 4 is 43.4 Å². The first-order valence-electron chi connectivity index (χ1n) is 7.71. The maximum atomic E-state index is 12.3. The molecule has 3 aromatic rings. The second-order valence-electron chi connectivity index (χ2n) is 5.38. The number of thiophene rings is 1. The maximum absolute atomic E-state index is 12.3. The zero-order valence-electron chi connectivity index (χ0n) is 12.9. The van der Waals surface area contributed by atoms with Gasteiger partial charge in [0.2, 0.25) is 5.95 Å². The molecule has 0 fully saturated rings. The van der Waals surface area contributed by atoms with Crippen molar-refractivity contribution < 1.29 is 0 Å². The maximum Gasteiger partial charge on any atom is 0.270 e. The van der Waals surface area contributed by atoms with Crippen LogP contribution >= 0.6 is 27.3 Å². The van der Waals surface area contributed by atoms with Gasteiger partial charge in [-0.25, -0.2) is 4.98 Å². The van der Waals surface area contributed by atoms with Gasteiger partial charge in [0.25, 0.3) is 5.56 Å². The molecule has 4 nitrogen and oxygen atoms in total. The number of anilines is 1. The molecule has 0 aliphatic rings. The molecule has 120 valence electrons. The summed E-state index contributed by atoms with van der Waals surface area (Å²) < 4.78 is 1.71. The Kier molecular flexibility index (Phi) is 5.13. The molecule has 0 saturated heterocycles. The smallest absolute Gasteiger partial charge is 0.270 e. The van der Waals surface area contributed by atoms with Crippen LogP contribution in [0, 0.1) is 0 Å². The number of rotatable bonds is 6. The van der Waals surface area contributed by atoms with Gasteiger partial charge in [-0.05, 0) is 30.2 Å². The Morgan fingerprint density at radius 1 is 1.26 bits per heavy atom. The number of aromatic amines is 1. The number of hydrogen-bond donors (Lipinski definition) is 2. The molecule has 0 spiro atoms. The van der Waals surface area contributed by atoms with Crippen molar-refractivity contribution in [2.45, 2.75) is 26.2 Å². The summed E-state index contributed by atoms with van der Waals surface area (Å²) in [6, 6.07) is 10.0. The molecule has 0 saturated carbocycles. The second-order valence-corrected chi connectivity index (χ2v) is 7.35. The first kappa shape index (κ1) is 16.2. The van der Waals surface area contributed by atoms with Gasteiger partial charge in [-0.2, -0.15) is 0 Å². The highest BCUT2D eigenvalue weighted by molar-refractivity contribution is 9.10. The van der Waals surface area contributed by atoms with Crippen molar-refractivity contribution in [3.8, 4) is 10.4 Å². The standard InChI is InChI=1S/C17H18BrN3OS/c1-2-3-4-9-19-17-20-13-10-14(23-15(13)16(22)21-17)11-5-7-12(18)8-6-11/h5-8,10H,2-4,9H2,1H3,(H2,19,20,21,22). The molecular formula is C17H18BrN3OS. The highest BCUT2D eigenvalue weighted by Crippen LogP contribution is 2.31. The van der Waals surface area contributed by atoms with Gasteiger partial charge < -0.3 is 5.32 Å². The quantitative estimate of drug-likeness (QED) is 0.580. The minimum Gasteiger partial charge on any atom is -0.356 e. The molecule has 2 N–H and O–H groups in total. The Labute approximate surface area is 147 Å². The lowest BCUT2D eigenvalue weighted by atomic mass is 10.2. The fraction of sp³-hybridized carbons (Fsp3) is 0.294. The molecule has 3 rings (SSSR count). The topological polar surface area (TPSA) is 57.8 Å². The number of hydrogen-bond acceptors (Lipinski definition) is 4. The van der Waals surface area contributed by atoms with E-state index in [0.717, 1.165) is 33.4 Å². The van der Waals surface area contributed by atoms with E-state index in [1.807, 2.05) is 30.3 Å². The van der Waals surface area contributed by atoms with Crippen LogP contribution < -0.4 is 10.9 Å². The van der Waals surface area contributed by atoms with E-state index in [1.165, 1.54) is 24.2 Å². The van der Waals surface area contributed by atoms with Crippen molar-refractivity contribution in [1.82, 2.24) is 9.97 Å². The summed E-state index contributed by atoms with van der Waals surface area (Å²) in [5.74, 6) is 0.554. The van der Waals surface area contributed by atoms with Crippen molar-refractivity contribution in [2.24, 2.45) is 0 Å². The monoisotopic (exact) mass is 391 g/mol. The van der Waals surface area contributed by atoms with E-state index < -0.39 is 0 Å². The van der Waals surface area contributed by atoms with Crippen LogP contribution in [0.25, 0.3) is 20.7 Å². The fourth-order valence-electron chi connectivity index (χ4n) is 2.36. The SMILES string of the molecule is CCCCCNc1nc2cc(-c3ccc(Br)cc3)sc2c(=O)[nH]1. The molecule has 1 aromatic carbocycles. The first-order chi connectivity index (χ1) is 11.2. The molecule has 2 heterocycles. The van der Waals surface area contributed by atoms with Crippen molar-refractivity contribution in [3.63, 3.8) is 0 Å². The number of nitrogens with zero attached hydrogens (tertiary/aromatic N) is 1. The molecule has 0 aliphatic carbocycles. The molecule has 0 unspecified atom stereocenters. The van der Waals surface area contributed by atoms with Gasteiger partial charge in [0.1, 0.15) is 4.70 Å². The Bertz CT molecular complexity index is 854. The summed E-state index contributed by atoms with van der Waals surface area (Å²) in [5.41, 5.74) is 1.75. The van der Waals surface area contributed by atoms with Gasteiger partial charge in [-0.3, -0.25) is 9.78 Å². The highest BCUT2D eigenvalue weighted by Gasteiger charge is 2.10. The lowest BCUT2D eigenvalue weighted by Crippen LogP contribution is -2.12. The minimum atomic E-state index is -0.0821. The highest BCUT2D eigenvalue weighted by atomic mass is 79.9. The van der Waals surface area contributed by atoms with E-state index in [9.17, 15) is 4.79 Å². The Morgan fingerprint density at radius 2 is 2.04 bits per heavy atom. The predicted molar refractivity (Wildman–Crippen MR) is 101 cm³/mol. The fourth-order valence-corrected chi connectivity index (χ4v) is 3.62. The second kappa shape index (κ2) is 7.27. The number of H-pyrrole nitrogens is 1. The normalized spacial score (nSPS) is 11.0. The van der Waals surface area contributed by atoms with Gasteiger partial charge in [-0.1, -0.05) is 47.8 Å². The van der Waals surface area contributed by atoms with Gasteiger partial charge in [0, 0.05) is 15.9 Å².